The van der Waals surface area contributed by atoms with E-state index < -0.39 is 5.60 Å². The van der Waals surface area contributed by atoms with Gasteiger partial charge in [-0.15, -0.1) is 0 Å². The normalized spacial score (nSPS) is 29.7. The summed E-state index contributed by atoms with van der Waals surface area (Å²) in [6.07, 6.45) is 3.26. The molecule has 1 aromatic carbocycles. The van der Waals surface area contributed by atoms with Crippen LogP contribution >= 0.6 is 0 Å². The van der Waals surface area contributed by atoms with E-state index in [0.29, 0.717) is 26.0 Å². The van der Waals surface area contributed by atoms with Crippen molar-refractivity contribution in [3.63, 3.8) is 0 Å². The van der Waals surface area contributed by atoms with Crippen LogP contribution in [-0.4, -0.2) is 40.9 Å². The fraction of sp³-hybridized carbons (Fsp3) is 0.647. The molecule has 1 spiro atoms. The molecule has 0 saturated carbocycles. The topological polar surface area (TPSA) is 32.7 Å². The molecule has 0 amide bonds. The van der Waals surface area contributed by atoms with E-state index in [4.69, 9.17) is 4.74 Å². The zero-order valence-corrected chi connectivity index (χ0v) is 12.6. The van der Waals surface area contributed by atoms with Crippen LogP contribution in [0.3, 0.4) is 0 Å². The average molecular weight is 293 g/mol. The van der Waals surface area contributed by atoms with Crippen molar-refractivity contribution in [1.82, 2.24) is 4.90 Å². The minimum Gasteiger partial charge on any atom is -0.390 e. The second-order valence-electron chi connectivity index (χ2n) is 6.82. The first-order valence-corrected chi connectivity index (χ1v) is 7.80. The molecule has 2 fully saturated rings. The molecule has 0 bridgehead atoms. The van der Waals surface area contributed by atoms with Gasteiger partial charge in [-0.3, -0.25) is 4.90 Å². The Labute approximate surface area is 125 Å². The maximum absolute atomic E-state index is 13.7. The van der Waals surface area contributed by atoms with E-state index in [1.165, 1.54) is 6.07 Å². The van der Waals surface area contributed by atoms with Crippen molar-refractivity contribution in [3.05, 3.63) is 35.6 Å². The maximum Gasteiger partial charge on any atom is 0.127 e. The standard InChI is InChI=1S/C17H24FNO2/c1-16(20)8-11-21-17(13-16)6-9-19(10-7-17)12-14-4-2-3-5-15(14)18/h2-5,20H,6-13H2,1H3. The number of rotatable bonds is 2. The van der Waals surface area contributed by atoms with Gasteiger partial charge in [0.2, 0.25) is 0 Å². The lowest BCUT2D eigenvalue weighted by molar-refractivity contribution is -0.173. The van der Waals surface area contributed by atoms with Gasteiger partial charge in [-0.25, -0.2) is 4.39 Å². The molecule has 2 aliphatic heterocycles. The molecule has 2 saturated heterocycles. The fourth-order valence-corrected chi connectivity index (χ4v) is 3.63. The number of hydrogen-bond acceptors (Lipinski definition) is 3. The minimum absolute atomic E-state index is 0.130. The molecule has 1 unspecified atom stereocenters. The number of hydrogen-bond donors (Lipinski definition) is 1. The first-order valence-electron chi connectivity index (χ1n) is 7.80. The summed E-state index contributed by atoms with van der Waals surface area (Å²) in [5.41, 5.74) is -0.0237. The Morgan fingerprint density at radius 2 is 1.95 bits per heavy atom. The molecule has 0 aliphatic carbocycles. The Kier molecular flexibility index (Phi) is 4.04. The Morgan fingerprint density at radius 3 is 2.62 bits per heavy atom. The third-order valence-electron chi connectivity index (χ3n) is 4.87. The van der Waals surface area contributed by atoms with Gasteiger partial charge in [-0.1, -0.05) is 18.2 Å². The number of aliphatic hydroxyl groups is 1. The lowest BCUT2D eigenvalue weighted by Gasteiger charge is -2.48. The number of ether oxygens (including phenoxy) is 1. The van der Waals surface area contributed by atoms with E-state index >= 15 is 0 Å². The van der Waals surface area contributed by atoms with E-state index in [2.05, 4.69) is 4.90 Å². The van der Waals surface area contributed by atoms with Crippen molar-refractivity contribution in [3.8, 4) is 0 Å². The lowest BCUT2D eigenvalue weighted by Crippen LogP contribution is -2.53. The third-order valence-corrected chi connectivity index (χ3v) is 4.87. The summed E-state index contributed by atoms with van der Waals surface area (Å²) in [4.78, 5) is 2.27. The van der Waals surface area contributed by atoms with Crippen LogP contribution < -0.4 is 0 Å². The summed E-state index contributed by atoms with van der Waals surface area (Å²) in [6.45, 7) is 4.98. The first-order chi connectivity index (χ1) is 9.98. The molecular formula is C17H24FNO2. The highest BCUT2D eigenvalue weighted by molar-refractivity contribution is 5.17. The van der Waals surface area contributed by atoms with Crippen molar-refractivity contribution in [2.75, 3.05) is 19.7 Å². The molecule has 21 heavy (non-hydrogen) atoms. The van der Waals surface area contributed by atoms with Gasteiger partial charge in [0.15, 0.2) is 0 Å². The van der Waals surface area contributed by atoms with Crippen LogP contribution in [0.2, 0.25) is 0 Å². The molecule has 4 heteroatoms. The Bertz CT molecular complexity index is 495. The molecular weight excluding hydrogens is 269 g/mol. The van der Waals surface area contributed by atoms with E-state index in [1.807, 2.05) is 19.1 Å². The first kappa shape index (κ1) is 14.9. The average Bonchev–Trinajstić information content (AvgIpc) is 2.43. The van der Waals surface area contributed by atoms with Crippen LogP contribution in [0.5, 0.6) is 0 Å². The predicted molar refractivity (Wildman–Crippen MR) is 79.5 cm³/mol. The largest absolute Gasteiger partial charge is 0.390 e. The highest BCUT2D eigenvalue weighted by Gasteiger charge is 2.44. The molecule has 3 nitrogen and oxygen atoms in total. The van der Waals surface area contributed by atoms with Gasteiger partial charge < -0.3 is 9.84 Å². The van der Waals surface area contributed by atoms with E-state index in [-0.39, 0.29) is 11.4 Å². The van der Waals surface area contributed by atoms with Gasteiger partial charge >= 0.3 is 0 Å². The third kappa shape index (κ3) is 3.44. The molecule has 0 aromatic heterocycles. The summed E-state index contributed by atoms with van der Waals surface area (Å²) in [7, 11) is 0. The molecule has 2 heterocycles. The van der Waals surface area contributed by atoms with Crippen molar-refractivity contribution in [1.29, 1.82) is 0 Å². The van der Waals surface area contributed by atoms with Crippen molar-refractivity contribution >= 4 is 0 Å². The quantitative estimate of drug-likeness (QED) is 0.910. The number of likely N-dealkylation sites (tertiary alicyclic amines) is 1. The monoisotopic (exact) mass is 293 g/mol. The summed E-state index contributed by atoms with van der Waals surface area (Å²) in [6, 6.07) is 6.97. The van der Waals surface area contributed by atoms with Crippen LogP contribution in [0, 0.1) is 5.82 Å². The van der Waals surface area contributed by atoms with Crippen LogP contribution in [0.25, 0.3) is 0 Å². The molecule has 1 aromatic rings. The Balaban J connectivity index is 1.59. The van der Waals surface area contributed by atoms with Gasteiger partial charge in [-0.05, 0) is 32.3 Å². The van der Waals surface area contributed by atoms with Gasteiger partial charge in [0.1, 0.15) is 5.82 Å². The highest BCUT2D eigenvalue weighted by Crippen LogP contribution is 2.39. The number of nitrogens with zero attached hydrogens (tertiary/aromatic N) is 1. The van der Waals surface area contributed by atoms with E-state index in [0.717, 1.165) is 31.5 Å². The SMILES string of the molecule is CC1(O)CCOC2(CCN(Cc3ccccc3F)CC2)C1. The summed E-state index contributed by atoms with van der Waals surface area (Å²) < 4.78 is 19.7. The van der Waals surface area contributed by atoms with E-state index in [9.17, 15) is 9.50 Å². The molecule has 1 atom stereocenters. The summed E-state index contributed by atoms with van der Waals surface area (Å²) in [5.74, 6) is -0.130. The summed E-state index contributed by atoms with van der Waals surface area (Å²) >= 11 is 0. The number of halogens is 1. The summed E-state index contributed by atoms with van der Waals surface area (Å²) in [5, 5.41) is 10.3. The molecule has 1 N–H and O–H groups in total. The Hall–Kier alpha value is -0.970. The zero-order chi connectivity index (χ0) is 14.9. The molecule has 2 aliphatic rings. The van der Waals surface area contributed by atoms with Gasteiger partial charge in [0.25, 0.3) is 0 Å². The zero-order valence-electron chi connectivity index (χ0n) is 12.6. The van der Waals surface area contributed by atoms with Crippen molar-refractivity contribution < 1.29 is 14.2 Å². The number of piperidine rings is 1. The lowest BCUT2D eigenvalue weighted by atomic mass is 9.78. The predicted octanol–water partition coefficient (Wildman–Crippen LogP) is 2.72. The molecule has 0 radical (unpaired) electrons. The smallest absolute Gasteiger partial charge is 0.127 e. The molecule has 116 valence electrons. The number of benzene rings is 1. The van der Waals surface area contributed by atoms with Crippen molar-refractivity contribution in [2.24, 2.45) is 0 Å². The van der Waals surface area contributed by atoms with Crippen LogP contribution in [0.15, 0.2) is 24.3 Å². The second kappa shape index (κ2) is 5.67. The van der Waals surface area contributed by atoms with Crippen LogP contribution in [0.4, 0.5) is 4.39 Å². The fourth-order valence-electron chi connectivity index (χ4n) is 3.63. The van der Waals surface area contributed by atoms with Crippen LogP contribution in [-0.2, 0) is 11.3 Å². The second-order valence-corrected chi connectivity index (χ2v) is 6.82. The maximum atomic E-state index is 13.7. The van der Waals surface area contributed by atoms with Gasteiger partial charge in [-0.2, -0.15) is 0 Å². The van der Waals surface area contributed by atoms with E-state index in [1.54, 1.807) is 6.07 Å². The Morgan fingerprint density at radius 1 is 1.24 bits per heavy atom. The molecule has 3 rings (SSSR count). The van der Waals surface area contributed by atoms with Gasteiger partial charge in [0.05, 0.1) is 17.8 Å². The van der Waals surface area contributed by atoms with Crippen LogP contribution in [0.1, 0.15) is 38.2 Å². The highest BCUT2D eigenvalue weighted by atomic mass is 19.1. The van der Waals surface area contributed by atoms with Crippen molar-refractivity contribution in [2.45, 2.75) is 50.4 Å². The van der Waals surface area contributed by atoms with Gasteiger partial charge in [0, 0.05) is 31.6 Å². The minimum atomic E-state index is -0.605.